The minimum Gasteiger partial charge on any atom is -0.352 e. The number of aryl methyl sites for hydroxylation is 3. The number of fused-ring (bicyclic) bond motifs is 4. The molecule has 7 nitrogen and oxygen atoms in total. The maximum Gasteiger partial charge on any atom is 0.262 e. The van der Waals surface area contributed by atoms with Crippen molar-refractivity contribution in [2.24, 2.45) is 0 Å². The fourth-order valence-electron chi connectivity index (χ4n) is 4.72. The van der Waals surface area contributed by atoms with Crippen molar-refractivity contribution in [3.8, 4) is 11.4 Å². The second-order valence-corrected chi connectivity index (χ2v) is 10.0. The number of benzene rings is 2. The maximum atomic E-state index is 13.0. The first-order valence-electron chi connectivity index (χ1n) is 12.0. The molecule has 0 spiro atoms. The molecule has 2 N–H and O–H groups in total. The van der Waals surface area contributed by atoms with E-state index in [1.807, 2.05) is 48.5 Å². The molecule has 1 amide bonds. The Balaban J connectivity index is 1.07. The molecule has 1 aliphatic carbocycles. The molecule has 3 aromatic heterocycles. The summed E-state index contributed by atoms with van der Waals surface area (Å²) in [5, 5.41) is 3.72. The fourth-order valence-corrected chi connectivity index (χ4v) is 5.94. The van der Waals surface area contributed by atoms with Gasteiger partial charge in [0, 0.05) is 30.0 Å². The topological polar surface area (TPSA) is 92.7 Å². The first-order chi connectivity index (χ1) is 17.2. The highest BCUT2D eigenvalue weighted by molar-refractivity contribution is 7.18. The van der Waals surface area contributed by atoms with Gasteiger partial charge in [-0.05, 0) is 48.9 Å². The van der Waals surface area contributed by atoms with Crippen molar-refractivity contribution in [1.29, 1.82) is 0 Å². The summed E-state index contributed by atoms with van der Waals surface area (Å²) in [6.07, 6.45) is 6.10. The molecule has 35 heavy (non-hydrogen) atoms. The number of thiophene rings is 1. The first-order valence-corrected chi connectivity index (χ1v) is 12.8. The number of rotatable bonds is 6. The molecule has 8 heteroatoms. The van der Waals surface area contributed by atoms with Crippen LogP contribution in [-0.4, -0.2) is 25.4 Å². The van der Waals surface area contributed by atoms with E-state index in [1.54, 1.807) is 22.2 Å². The molecule has 0 radical (unpaired) electrons. The standard InChI is InChI=1S/C27H25N5O2S/c33-23(13-14-32-16-29-26-24(27(32)34)19-5-1-4-8-22(19)35-26)28-15-17-9-11-18(12-10-17)25-30-20-6-2-3-7-21(20)31-25/h2-3,6-7,9-12,16H,1,4-5,8,13-15H2,(H,28,33)(H,30,31). The van der Waals surface area contributed by atoms with E-state index in [1.165, 1.54) is 16.9 Å². The van der Waals surface area contributed by atoms with Crippen LogP contribution < -0.4 is 10.9 Å². The van der Waals surface area contributed by atoms with Crippen LogP contribution in [0, 0.1) is 0 Å². The van der Waals surface area contributed by atoms with Gasteiger partial charge < -0.3 is 10.3 Å². The Labute approximate surface area is 205 Å². The summed E-state index contributed by atoms with van der Waals surface area (Å²) in [6.45, 7) is 0.757. The lowest BCUT2D eigenvalue weighted by molar-refractivity contribution is -0.121. The number of nitrogens with one attached hydrogen (secondary N) is 2. The molecule has 0 unspecified atom stereocenters. The number of imidazole rings is 1. The molecular formula is C27H25N5O2S. The summed E-state index contributed by atoms with van der Waals surface area (Å²) < 4.78 is 1.58. The van der Waals surface area contributed by atoms with Crippen LogP contribution in [0.1, 0.15) is 35.3 Å². The van der Waals surface area contributed by atoms with Gasteiger partial charge in [0.15, 0.2) is 0 Å². The summed E-state index contributed by atoms with van der Waals surface area (Å²) >= 11 is 1.64. The average molecular weight is 484 g/mol. The molecule has 5 aromatic rings. The van der Waals surface area contributed by atoms with Gasteiger partial charge in [-0.25, -0.2) is 9.97 Å². The molecule has 0 saturated carbocycles. The van der Waals surface area contributed by atoms with E-state index >= 15 is 0 Å². The van der Waals surface area contributed by atoms with Crippen molar-refractivity contribution in [3.63, 3.8) is 0 Å². The van der Waals surface area contributed by atoms with Crippen molar-refractivity contribution >= 4 is 38.5 Å². The van der Waals surface area contributed by atoms with Crippen molar-refractivity contribution in [2.45, 2.75) is 45.2 Å². The molecule has 0 aliphatic heterocycles. The van der Waals surface area contributed by atoms with Gasteiger partial charge in [0.05, 0.1) is 22.7 Å². The number of amides is 1. The Hall–Kier alpha value is -3.78. The third-order valence-electron chi connectivity index (χ3n) is 6.63. The maximum absolute atomic E-state index is 13.0. The zero-order chi connectivity index (χ0) is 23.8. The summed E-state index contributed by atoms with van der Waals surface area (Å²) in [5.74, 6) is 0.732. The molecule has 0 saturated heterocycles. The Morgan fingerprint density at radius 2 is 1.91 bits per heavy atom. The number of hydrogen-bond donors (Lipinski definition) is 2. The Morgan fingerprint density at radius 3 is 2.77 bits per heavy atom. The monoisotopic (exact) mass is 483 g/mol. The van der Waals surface area contributed by atoms with Crippen molar-refractivity contribution < 1.29 is 4.79 Å². The fraction of sp³-hybridized carbons (Fsp3) is 0.259. The molecule has 1 aliphatic rings. The van der Waals surface area contributed by atoms with E-state index in [-0.39, 0.29) is 17.9 Å². The van der Waals surface area contributed by atoms with Crippen LogP contribution >= 0.6 is 11.3 Å². The number of hydrogen-bond acceptors (Lipinski definition) is 5. The molecule has 176 valence electrons. The van der Waals surface area contributed by atoms with E-state index in [9.17, 15) is 9.59 Å². The lowest BCUT2D eigenvalue weighted by Crippen LogP contribution is -2.27. The highest BCUT2D eigenvalue weighted by Gasteiger charge is 2.20. The molecule has 6 rings (SSSR count). The lowest BCUT2D eigenvalue weighted by atomic mass is 9.97. The van der Waals surface area contributed by atoms with Gasteiger partial charge in [-0.15, -0.1) is 11.3 Å². The molecular weight excluding hydrogens is 458 g/mol. The quantitative estimate of drug-likeness (QED) is 0.370. The summed E-state index contributed by atoms with van der Waals surface area (Å²) in [7, 11) is 0. The summed E-state index contributed by atoms with van der Waals surface area (Å²) in [4.78, 5) is 40.1. The average Bonchev–Trinajstić information content (AvgIpc) is 3.49. The van der Waals surface area contributed by atoms with E-state index in [4.69, 9.17) is 0 Å². The van der Waals surface area contributed by atoms with Gasteiger partial charge >= 0.3 is 0 Å². The number of nitrogens with zero attached hydrogens (tertiary/aromatic N) is 3. The van der Waals surface area contributed by atoms with Gasteiger partial charge in [0.1, 0.15) is 10.7 Å². The number of aromatic amines is 1. The van der Waals surface area contributed by atoms with E-state index in [0.717, 1.165) is 57.5 Å². The van der Waals surface area contributed by atoms with Gasteiger partial charge in [0.25, 0.3) is 5.56 Å². The molecule has 0 fully saturated rings. The normalized spacial score (nSPS) is 13.3. The second kappa shape index (κ2) is 9.11. The van der Waals surface area contributed by atoms with E-state index < -0.39 is 0 Å². The predicted octanol–water partition coefficient (Wildman–Crippen LogP) is 4.59. The van der Waals surface area contributed by atoms with E-state index in [0.29, 0.717) is 13.1 Å². The van der Waals surface area contributed by atoms with Gasteiger partial charge in [-0.3, -0.25) is 14.2 Å². The van der Waals surface area contributed by atoms with Crippen LogP contribution in [0.25, 0.3) is 32.6 Å². The first kappa shape index (κ1) is 21.7. The number of para-hydroxylation sites is 2. The number of carbonyl (C=O) groups is 1. The zero-order valence-corrected chi connectivity index (χ0v) is 20.0. The smallest absolute Gasteiger partial charge is 0.262 e. The minimum atomic E-state index is -0.0919. The van der Waals surface area contributed by atoms with Crippen molar-refractivity contribution in [1.82, 2.24) is 24.8 Å². The second-order valence-electron chi connectivity index (χ2n) is 8.96. The Morgan fingerprint density at radius 1 is 1.09 bits per heavy atom. The number of carbonyl (C=O) groups excluding carboxylic acids is 1. The number of H-pyrrole nitrogens is 1. The molecule has 0 atom stereocenters. The van der Waals surface area contributed by atoms with Crippen LogP contribution in [0.5, 0.6) is 0 Å². The van der Waals surface area contributed by atoms with Gasteiger partial charge in [-0.2, -0.15) is 0 Å². The molecule has 3 heterocycles. The minimum absolute atomic E-state index is 0.0247. The highest BCUT2D eigenvalue weighted by Crippen LogP contribution is 2.33. The van der Waals surface area contributed by atoms with Crippen LogP contribution in [-0.2, 0) is 30.7 Å². The number of aromatic nitrogens is 4. The highest BCUT2D eigenvalue weighted by atomic mass is 32.1. The SMILES string of the molecule is O=C(CCn1cnc2sc3c(c2c1=O)CCCC3)NCc1ccc(-c2nc3ccccc3[nH]2)cc1. The predicted molar refractivity (Wildman–Crippen MR) is 139 cm³/mol. The third kappa shape index (κ3) is 4.25. The van der Waals surface area contributed by atoms with Crippen LogP contribution in [0.4, 0.5) is 0 Å². The van der Waals surface area contributed by atoms with Crippen LogP contribution in [0.3, 0.4) is 0 Å². The van der Waals surface area contributed by atoms with Crippen LogP contribution in [0.15, 0.2) is 59.7 Å². The van der Waals surface area contributed by atoms with E-state index in [2.05, 4.69) is 20.3 Å². The molecule has 2 aromatic carbocycles. The Kier molecular flexibility index (Phi) is 5.66. The van der Waals surface area contributed by atoms with Crippen molar-refractivity contribution in [3.05, 3.63) is 81.2 Å². The Bertz CT molecular complexity index is 1560. The largest absolute Gasteiger partial charge is 0.352 e. The van der Waals surface area contributed by atoms with Gasteiger partial charge in [-0.1, -0.05) is 36.4 Å². The summed E-state index contributed by atoms with van der Waals surface area (Å²) in [6, 6.07) is 15.9. The molecule has 0 bridgehead atoms. The van der Waals surface area contributed by atoms with Gasteiger partial charge in [0.2, 0.25) is 5.91 Å². The van der Waals surface area contributed by atoms with Crippen LogP contribution in [0.2, 0.25) is 0 Å². The zero-order valence-electron chi connectivity index (χ0n) is 19.2. The summed E-state index contributed by atoms with van der Waals surface area (Å²) in [5.41, 5.74) is 5.09. The van der Waals surface area contributed by atoms with Crippen molar-refractivity contribution in [2.75, 3.05) is 0 Å². The lowest BCUT2D eigenvalue weighted by Gasteiger charge is -2.10. The third-order valence-corrected chi connectivity index (χ3v) is 7.83.